The maximum Gasteiger partial charge on any atom is 0.260 e. The topological polar surface area (TPSA) is 54.9 Å². The minimum atomic E-state index is -0.0576. The van der Waals surface area contributed by atoms with Crippen LogP contribution in [0, 0.1) is 6.92 Å². The van der Waals surface area contributed by atoms with E-state index in [1.807, 2.05) is 50.2 Å². The first kappa shape index (κ1) is 23.0. The number of benzene rings is 2. The summed E-state index contributed by atoms with van der Waals surface area (Å²) >= 11 is 7.76. The molecule has 170 valence electrons. The molecular weight excluding hydrogens is 446 g/mol. The van der Waals surface area contributed by atoms with Crippen molar-refractivity contribution < 1.29 is 14.3 Å². The summed E-state index contributed by atoms with van der Waals surface area (Å²) in [6, 6.07) is 11.1. The Morgan fingerprint density at radius 1 is 1.25 bits per heavy atom. The molecule has 0 bridgehead atoms. The van der Waals surface area contributed by atoms with Crippen LogP contribution in [0.2, 0.25) is 5.02 Å². The van der Waals surface area contributed by atoms with Crippen LogP contribution in [0.15, 0.2) is 36.4 Å². The smallest absolute Gasteiger partial charge is 0.260 e. The average molecular weight is 474 g/mol. The first-order valence-corrected chi connectivity index (χ1v) is 12.2. The molecule has 1 saturated heterocycles. The molecule has 1 fully saturated rings. The molecule has 3 aromatic rings. The van der Waals surface area contributed by atoms with E-state index in [4.69, 9.17) is 26.1 Å². The lowest BCUT2D eigenvalue weighted by atomic mass is 10.2. The summed E-state index contributed by atoms with van der Waals surface area (Å²) in [5.41, 5.74) is 2.53. The number of fused-ring (bicyclic) bond motifs is 1. The highest BCUT2D eigenvalue weighted by Gasteiger charge is 2.22. The minimum Gasteiger partial charge on any atom is -0.494 e. The average Bonchev–Trinajstić information content (AvgIpc) is 3.22. The molecule has 0 radical (unpaired) electrons. The van der Waals surface area contributed by atoms with Crippen LogP contribution in [-0.4, -0.2) is 61.8 Å². The third-order valence-electron chi connectivity index (χ3n) is 5.49. The van der Waals surface area contributed by atoms with Gasteiger partial charge in [-0.05, 0) is 62.2 Å². The van der Waals surface area contributed by atoms with Gasteiger partial charge in [-0.25, -0.2) is 4.98 Å². The highest BCUT2D eigenvalue weighted by Crippen LogP contribution is 2.34. The van der Waals surface area contributed by atoms with Gasteiger partial charge in [-0.1, -0.05) is 22.9 Å². The Morgan fingerprint density at radius 2 is 2.00 bits per heavy atom. The summed E-state index contributed by atoms with van der Waals surface area (Å²) in [5.74, 6) is 0.700. The fraction of sp³-hybridized carbons (Fsp3) is 0.417. The molecule has 8 heteroatoms. The first-order valence-electron chi connectivity index (χ1n) is 11.0. The molecule has 1 aliphatic heterocycles. The first-order chi connectivity index (χ1) is 15.5. The number of aryl methyl sites for hydroxylation is 1. The molecule has 0 N–H and O–H groups in total. The monoisotopic (exact) mass is 473 g/mol. The number of hydrogen-bond acceptors (Lipinski definition) is 6. The van der Waals surface area contributed by atoms with Crippen LogP contribution in [0.1, 0.15) is 29.3 Å². The van der Waals surface area contributed by atoms with Gasteiger partial charge in [-0.2, -0.15) is 0 Å². The number of nitrogens with zero attached hydrogens (tertiary/aromatic N) is 3. The zero-order chi connectivity index (χ0) is 22.5. The molecule has 6 nitrogen and oxygen atoms in total. The van der Waals surface area contributed by atoms with Gasteiger partial charge in [0.2, 0.25) is 0 Å². The Bertz CT molecular complexity index is 1060. The Hall–Kier alpha value is -2.19. The number of anilines is 1. The summed E-state index contributed by atoms with van der Waals surface area (Å²) < 4.78 is 11.9. The lowest BCUT2D eigenvalue weighted by Gasteiger charge is -2.27. The highest BCUT2D eigenvalue weighted by molar-refractivity contribution is 7.22. The van der Waals surface area contributed by atoms with E-state index >= 15 is 0 Å². The van der Waals surface area contributed by atoms with Crippen LogP contribution in [0.3, 0.4) is 0 Å². The van der Waals surface area contributed by atoms with E-state index in [0.717, 1.165) is 60.8 Å². The van der Waals surface area contributed by atoms with E-state index in [9.17, 15) is 4.79 Å². The second kappa shape index (κ2) is 10.6. The fourth-order valence-electron chi connectivity index (χ4n) is 3.84. The van der Waals surface area contributed by atoms with Gasteiger partial charge in [-0.15, -0.1) is 0 Å². The molecule has 0 unspecified atom stereocenters. The largest absolute Gasteiger partial charge is 0.494 e. The zero-order valence-electron chi connectivity index (χ0n) is 18.5. The summed E-state index contributed by atoms with van der Waals surface area (Å²) in [6.45, 7) is 9.46. The van der Waals surface area contributed by atoms with E-state index < -0.39 is 0 Å². The van der Waals surface area contributed by atoms with Crippen LogP contribution in [0.4, 0.5) is 5.13 Å². The Kier molecular flexibility index (Phi) is 7.63. The molecule has 2 aromatic carbocycles. The summed E-state index contributed by atoms with van der Waals surface area (Å²) in [5, 5.41) is 1.38. The second-order valence-electron chi connectivity index (χ2n) is 7.79. The van der Waals surface area contributed by atoms with Gasteiger partial charge in [-0.3, -0.25) is 14.6 Å². The normalized spacial score (nSPS) is 14.6. The number of carbonyl (C=O) groups is 1. The van der Waals surface area contributed by atoms with Crippen LogP contribution in [0.5, 0.6) is 5.75 Å². The van der Waals surface area contributed by atoms with Crippen LogP contribution < -0.4 is 9.64 Å². The Balaban J connectivity index is 1.58. The lowest BCUT2D eigenvalue weighted by molar-refractivity contribution is 0.0376. The molecule has 0 saturated carbocycles. The van der Waals surface area contributed by atoms with Crippen molar-refractivity contribution in [3.8, 4) is 5.75 Å². The Labute approximate surface area is 197 Å². The summed E-state index contributed by atoms with van der Waals surface area (Å²) in [7, 11) is 0. The molecular formula is C24H28ClN3O3S. The molecule has 0 spiro atoms. The maximum atomic E-state index is 13.5. The van der Waals surface area contributed by atoms with Crippen molar-refractivity contribution in [3.63, 3.8) is 0 Å². The number of rotatable bonds is 8. The maximum absolute atomic E-state index is 13.5. The standard InChI is InChI=1S/C24H28ClN3O3S/c1-3-31-20-7-5-18(6-8-20)23(29)28(10-4-9-27-11-13-30-14-12-27)24-26-22-17(2)15-19(25)16-21(22)32-24/h5-8,15-16H,3-4,9-14H2,1-2H3. The van der Waals surface area contributed by atoms with Crippen LogP contribution in [-0.2, 0) is 4.74 Å². The molecule has 4 rings (SSSR count). The lowest BCUT2D eigenvalue weighted by Crippen LogP contribution is -2.39. The van der Waals surface area contributed by atoms with Gasteiger partial charge < -0.3 is 9.47 Å². The summed E-state index contributed by atoms with van der Waals surface area (Å²) in [6.07, 6.45) is 0.860. The van der Waals surface area contributed by atoms with Crippen molar-refractivity contribution in [2.24, 2.45) is 0 Å². The molecule has 1 amide bonds. The number of amides is 1. The van der Waals surface area contributed by atoms with Crippen molar-refractivity contribution in [2.75, 3.05) is 50.9 Å². The third-order valence-corrected chi connectivity index (χ3v) is 6.73. The van der Waals surface area contributed by atoms with Crippen molar-refractivity contribution in [1.82, 2.24) is 9.88 Å². The molecule has 0 aliphatic carbocycles. The number of aromatic nitrogens is 1. The van der Waals surface area contributed by atoms with Crippen molar-refractivity contribution in [2.45, 2.75) is 20.3 Å². The van der Waals surface area contributed by atoms with Gasteiger partial charge in [0, 0.05) is 36.8 Å². The van der Waals surface area contributed by atoms with Gasteiger partial charge in [0.05, 0.1) is 30.0 Å². The minimum absolute atomic E-state index is 0.0576. The van der Waals surface area contributed by atoms with Crippen molar-refractivity contribution in [1.29, 1.82) is 0 Å². The third kappa shape index (κ3) is 5.41. The van der Waals surface area contributed by atoms with Gasteiger partial charge in [0.15, 0.2) is 5.13 Å². The predicted octanol–water partition coefficient (Wildman–Crippen LogP) is 5.03. The molecule has 2 heterocycles. The molecule has 32 heavy (non-hydrogen) atoms. The highest BCUT2D eigenvalue weighted by atomic mass is 35.5. The number of ether oxygens (including phenoxy) is 2. The SMILES string of the molecule is CCOc1ccc(C(=O)N(CCCN2CCOCC2)c2nc3c(C)cc(Cl)cc3s2)cc1. The number of hydrogen-bond donors (Lipinski definition) is 0. The van der Waals surface area contributed by atoms with Gasteiger partial charge in [0.1, 0.15) is 5.75 Å². The number of thiazole rings is 1. The van der Waals surface area contributed by atoms with Crippen molar-refractivity contribution in [3.05, 3.63) is 52.5 Å². The Morgan fingerprint density at radius 3 is 2.72 bits per heavy atom. The molecule has 1 aliphatic rings. The second-order valence-corrected chi connectivity index (χ2v) is 9.23. The number of carbonyl (C=O) groups excluding carboxylic acids is 1. The van der Waals surface area contributed by atoms with Gasteiger partial charge >= 0.3 is 0 Å². The van der Waals surface area contributed by atoms with Crippen molar-refractivity contribution >= 4 is 44.2 Å². The van der Waals surface area contributed by atoms with Gasteiger partial charge in [0.25, 0.3) is 5.91 Å². The predicted molar refractivity (Wildman–Crippen MR) is 131 cm³/mol. The zero-order valence-corrected chi connectivity index (χ0v) is 20.0. The quantitative estimate of drug-likeness (QED) is 0.459. The number of morpholine rings is 1. The number of halogens is 1. The van der Waals surface area contributed by atoms with E-state index in [2.05, 4.69) is 4.90 Å². The molecule has 1 aromatic heterocycles. The van der Waals surface area contributed by atoms with E-state index in [-0.39, 0.29) is 5.91 Å². The molecule has 0 atom stereocenters. The summed E-state index contributed by atoms with van der Waals surface area (Å²) in [4.78, 5) is 22.5. The fourth-order valence-corrected chi connectivity index (χ4v) is 5.28. The van der Waals surface area contributed by atoms with Crippen LogP contribution in [0.25, 0.3) is 10.2 Å². The van der Waals surface area contributed by atoms with Crippen LogP contribution >= 0.6 is 22.9 Å². The van der Waals surface area contributed by atoms with E-state index in [1.54, 1.807) is 4.90 Å². The van der Waals surface area contributed by atoms with E-state index in [0.29, 0.717) is 28.9 Å². The van der Waals surface area contributed by atoms with E-state index in [1.165, 1.54) is 11.3 Å².